The van der Waals surface area contributed by atoms with Gasteiger partial charge in [-0.2, -0.15) is 0 Å². The number of rotatable bonds is 7. The van der Waals surface area contributed by atoms with E-state index in [1.54, 1.807) is 41.8 Å². The van der Waals surface area contributed by atoms with Crippen LogP contribution in [0.15, 0.2) is 76.1 Å². The van der Waals surface area contributed by atoms with E-state index >= 15 is 0 Å². The average molecular weight is 486 g/mol. The third-order valence-corrected chi connectivity index (χ3v) is 7.15. The van der Waals surface area contributed by atoms with Gasteiger partial charge in [-0.05, 0) is 48.9 Å². The molecule has 0 radical (unpaired) electrons. The molecule has 35 heavy (non-hydrogen) atoms. The van der Waals surface area contributed by atoms with Crippen molar-refractivity contribution in [2.75, 3.05) is 0 Å². The second kappa shape index (κ2) is 10.1. The maximum atomic E-state index is 13.2. The number of hydrogen-bond donors (Lipinski definition) is 1. The first-order valence-corrected chi connectivity index (χ1v) is 12.3. The number of carbonyl (C=O) groups is 1. The van der Waals surface area contributed by atoms with Gasteiger partial charge in [-0.1, -0.05) is 42.5 Å². The Morgan fingerprint density at radius 1 is 1.09 bits per heavy atom. The zero-order valence-electron chi connectivity index (χ0n) is 18.9. The molecule has 0 bridgehead atoms. The number of amides is 1. The lowest BCUT2D eigenvalue weighted by Gasteiger charge is -2.12. The highest BCUT2D eigenvalue weighted by molar-refractivity contribution is 7.16. The van der Waals surface area contributed by atoms with E-state index in [4.69, 9.17) is 4.42 Å². The number of fused-ring (bicyclic) bond motifs is 1. The van der Waals surface area contributed by atoms with Crippen LogP contribution in [-0.2, 0) is 19.4 Å². The number of nitrogens with zero attached hydrogens (tertiary/aromatic N) is 2. The molecule has 0 aliphatic heterocycles. The van der Waals surface area contributed by atoms with Crippen molar-refractivity contribution in [1.82, 2.24) is 5.32 Å². The Kier molecular flexibility index (Phi) is 6.54. The van der Waals surface area contributed by atoms with E-state index in [9.17, 15) is 14.9 Å². The molecule has 0 fully saturated rings. The maximum absolute atomic E-state index is 13.2. The molecular formula is C27H23N3O4S. The summed E-state index contributed by atoms with van der Waals surface area (Å²) in [5, 5.41) is 14.8. The average Bonchev–Trinajstić information content (AvgIpc) is 3.51. The molecule has 0 spiro atoms. The number of nitrogens with one attached hydrogen (secondary N) is 1. The Balaban J connectivity index is 1.39. The largest absolute Gasteiger partial charge is 0.455 e. The highest BCUT2D eigenvalue weighted by Gasteiger charge is 2.25. The molecule has 1 amide bonds. The van der Waals surface area contributed by atoms with E-state index in [1.165, 1.54) is 17.0 Å². The Morgan fingerprint density at radius 3 is 2.74 bits per heavy atom. The zero-order chi connectivity index (χ0) is 24.2. The van der Waals surface area contributed by atoms with Gasteiger partial charge in [0.1, 0.15) is 16.5 Å². The first kappa shape index (κ1) is 22.7. The molecule has 0 saturated heterocycles. The van der Waals surface area contributed by atoms with Crippen molar-refractivity contribution < 1.29 is 14.1 Å². The number of carbonyl (C=O) groups excluding carboxylic acids is 1. The standard InChI is InChI=1S/C27H23N3O4S/c31-26(28-16-18-7-2-1-3-8-18)25-22-11-4-5-12-24(22)35-27(25)29-17-21-13-14-23(34-21)19-9-6-10-20(15-19)30(32)33/h1-3,6-10,13-15,17H,4-5,11-12,16H2,(H,28,31)/b29-17+. The van der Waals surface area contributed by atoms with Crippen LogP contribution < -0.4 is 5.32 Å². The van der Waals surface area contributed by atoms with E-state index in [-0.39, 0.29) is 11.6 Å². The summed E-state index contributed by atoms with van der Waals surface area (Å²) in [6.45, 7) is 0.457. The Labute approximate surface area is 206 Å². The first-order valence-electron chi connectivity index (χ1n) is 11.4. The number of benzene rings is 2. The molecule has 2 aromatic carbocycles. The van der Waals surface area contributed by atoms with Gasteiger partial charge in [-0.3, -0.25) is 14.9 Å². The van der Waals surface area contributed by atoms with Gasteiger partial charge >= 0.3 is 0 Å². The number of nitro groups is 1. The van der Waals surface area contributed by atoms with Crippen molar-refractivity contribution in [1.29, 1.82) is 0 Å². The highest BCUT2D eigenvalue weighted by atomic mass is 32.1. The zero-order valence-corrected chi connectivity index (χ0v) is 19.7. The molecule has 0 atom stereocenters. The fraction of sp³-hybridized carbons (Fsp3) is 0.185. The number of non-ortho nitro benzene ring substituents is 1. The molecule has 4 aromatic rings. The van der Waals surface area contributed by atoms with Crippen LogP contribution in [0.5, 0.6) is 0 Å². The lowest BCUT2D eigenvalue weighted by atomic mass is 9.95. The number of hydrogen-bond acceptors (Lipinski definition) is 6. The van der Waals surface area contributed by atoms with Crippen molar-refractivity contribution in [3.63, 3.8) is 0 Å². The number of nitro benzene ring substituents is 1. The molecule has 176 valence electrons. The first-order chi connectivity index (χ1) is 17.1. The molecule has 0 unspecified atom stereocenters. The summed E-state index contributed by atoms with van der Waals surface area (Å²) in [6.07, 6.45) is 5.63. The van der Waals surface area contributed by atoms with Crippen LogP contribution in [0.4, 0.5) is 10.7 Å². The smallest absolute Gasteiger partial charge is 0.270 e. The summed E-state index contributed by atoms with van der Waals surface area (Å²) in [6, 6.07) is 19.6. The normalized spacial score (nSPS) is 13.0. The van der Waals surface area contributed by atoms with Gasteiger partial charge in [0, 0.05) is 29.1 Å². The Bertz CT molecular complexity index is 1410. The molecule has 0 saturated carbocycles. The van der Waals surface area contributed by atoms with Crippen molar-refractivity contribution in [3.8, 4) is 11.3 Å². The number of aryl methyl sites for hydroxylation is 1. The van der Waals surface area contributed by atoms with E-state index < -0.39 is 4.92 Å². The molecule has 7 nitrogen and oxygen atoms in total. The molecule has 1 N–H and O–H groups in total. The number of thiophene rings is 1. The van der Waals surface area contributed by atoms with Crippen LogP contribution in [0.3, 0.4) is 0 Å². The Hall–Kier alpha value is -4.04. The van der Waals surface area contributed by atoms with Gasteiger partial charge in [0.25, 0.3) is 11.6 Å². The number of furan rings is 1. The monoisotopic (exact) mass is 485 g/mol. The molecule has 1 aliphatic carbocycles. The summed E-state index contributed by atoms with van der Waals surface area (Å²) >= 11 is 1.56. The topological polar surface area (TPSA) is 97.7 Å². The van der Waals surface area contributed by atoms with Gasteiger partial charge in [0.2, 0.25) is 0 Å². The molecule has 2 aromatic heterocycles. The van der Waals surface area contributed by atoms with Crippen LogP contribution in [0.1, 0.15) is 45.0 Å². The minimum absolute atomic E-state index is 0.00411. The van der Waals surface area contributed by atoms with Crippen molar-refractivity contribution in [3.05, 3.63) is 104 Å². The maximum Gasteiger partial charge on any atom is 0.270 e. The summed E-state index contributed by atoms with van der Waals surface area (Å²) in [4.78, 5) is 29.7. The molecule has 1 aliphatic rings. The highest BCUT2D eigenvalue weighted by Crippen LogP contribution is 2.40. The third-order valence-electron chi connectivity index (χ3n) is 5.95. The van der Waals surface area contributed by atoms with E-state index in [0.717, 1.165) is 36.8 Å². The summed E-state index contributed by atoms with van der Waals surface area (Å²) < 4.78 is 5.87. The summed E-state index contributed by atoms with van der Waals surface area (Å²) in [5.74, 6) is 0.909. The number of aliphatic imine (C=N–C) groups is 1. The minimum atomic E-state index is -0.433. The van der Waals surface area contributed by atoms with Crippen LogP contribution >= 0.6 is 11.3 Å². The molecule has 5 rings (SSSR count). The van der Waals surface area contributed by atoms with Crippen molar-refractivity contribution in [2.24, 2.45) is 4.99 Å². The molecule has 8 heteroatoms. The van der Waals surface area contributed by atoms with Crippen LogP contribution in [0.2, 0.25) is 0 Å². The van der Waals surface area contributed by atoms with E-state index in [0.29, 0.717) is 34.2 Å². The second-order valence-electron chi connectivity index (χ2n) is 8.33. The molecular weight excluding hydrogens is 462 g/mol. The predicted molar refractivity (Wildman–Crippen MR) is 137 cm³/mol. The lowest BCUT2D eigenvalue weighted by molar-refractivity contribution is -0.384. The van der Waals surface area contributed by atoms with E-state index in [1.807, 2.05) is 30.3 Å². The SMILES string of the molecule is O=C(NCc1ccccc1)c1c(/N=C/c2ccc(-c3cccc([N+](=O)[O-])c3)o2)sc2c1CCCC2. The van der Waals surface area contributed by atoms with Crippen molar-refractivity contribution in [2.45, 2.75) is 32.2 Å². The van der Waals surface area contributed by atoms with Gasteiger partial charge in [0.15, 0.2) is 0 Å². The molecule has 2 heterocycles. The fourth-order valence-electron chi connectivity index (χ4n) is 4.22. The van der Waals surface area contributed by atoms with Gasteiger partial charge < -0.3 is 9.73 Å². The lowest BCUT2D eigenvalue weighted by Crippen LogP contribution is -2.24. The summed E-state index contributed by atoms with van der Waals surface area (Å²) in [5.41, 5.74) is 3.42. The van der Waals surface area contributed by atoms with Gasteiger partial charge in [-0.25, -0.2) is 4.99 Å². The Morgan fingerprint density at radius 2 is 1.91 bits per heavy atom. The quantitative estimate of drug-likeness (QED) is 0.184. The third kappa shape index (κ3) is 5.07. The predicted octanol–water partition coefficient (Wildman–Crippen LogP) is 6.48. The van der Waals surface area contributed by atoms with Crippen molar-refractivity contribution >= 4 is 34.1 Å². The van der Waals surface area contributed by atoms with E-state index in [2.05, 4.69) is 10.3 Å². The van der Waals surface area contributed by atoms with Gasteiger partial charge in [-0.15, -0.1) is 11.3 Å². The minimum Gasteiger partial charge on any atom is -0.455 e. The van der Waals surface area contributed by atoms with Crippen LogP contribution in [-0.4, -0.2) is 17.0 Å². The van der Waals surface area contributed by atoms with Crippen LogP contribution in [0, 0.1) is 10.1 Å². The second-order valence-corrected chi connectivity index (χ2v) is 9.41. The fourth-order valence-corrected chi connectivity index (χ4v) is 5.45. The summed E-state index contributed by atoms with van der Waals surface area (Å²) in [7, 11) is 0. The van der Waals surface area contributed by atoms with Gasteiger partial charge in [0.05, 0.1) is 16.7 Å². The van der Waals surface area contributed by atoms with Crippen LogP contribution in [0.25, 0.3) is 11.3 Å².